The third-order valence-corrected chi connectivity index (χ3v) is 2.47. The van der Waals surface area contributed by atoms with E-state index in [9.17, 15) is 4.79 Å². The molecule has 1 aromatic rings. The molecule has 0 bridgehead atoms. The molecule has 0 aliphatic carbocycles. The van der Waals surface area contributed by atoms with Crippen molar-refractivity contribution in [2.45, 2.75) is 12.8 Å². The van der Waals surface area contributed by atoms with Gasteiger partial charge in [0.2, 0.25) is 11.9 Å². The fourth-order valence-corrected chi connectivity index (χ4v) is 1.65. The van der Waals surface area contributed by atoms with Crippen molar-refractivity contribution >= 4 is 11.9 Å². The van der Waals surface area contributed by atoms with Gasteiger partial charge in [-0.1, -0.05) is 0 Å². The highest BCUT2D eigenvalue weighted by Crippen LogP contribution is 2.11. The highest BCUT2D eigenvalue weighted by molar-refractivity contribution is 5.91. The van der Waals surface area contributed by atoms with Crippen molar-refractivity contribution in [2.75, 3.05) is 18.4 Å². The van der Waals surface area contributed by atoms with Gasteiger partial charge in [0.25, 0.3) is 0 Å². The summed E-state index contributed by atoms with van der Waals surface area (Å²) in [6.45, 7) is 1.75. The van der Waals surface area contributed by atoms with Crippen LogP contribution in [0.3, 0.4) is 0 Å². The molecule has 1 fully saturated rings. The Morgan fingerprint density at radius 2 is 2.27 bits per heavy atom. The predicted octanol–water partition coefficient (Wildman–Crippen LogP) is 0.415. The average Bonchev–Trinajstić information content (AvgIpc) is 2.31. The molecular weight excluding hydrogens is 192 g/mol. The molecule has 0 aromatic carbocycles. The van der Waals surface area contributed by atoms with Gasteiger partial charge in [0, 0.05) is 18.9 Å². The summed E-state index contributed by atoms with van der Waals surface area (Å²) in [5.41, 5.74) is 0. The van der Waals surface area contributed by atoms with Gasteiger partial charge in [-0.3, -0.25) is 10.1 Å². The number of carbonyl (C=O) groups excluding carboxylic acids is 1. The zero-order valence-electron chi connectivity index (χ0n) is 8.44. The van der Waals surface area contributed by atoms with Crippen molar-refractivity contribution in [2.24, 2.45) is 5.92 Å². The monoisotopic (exact) mass is 206 g/mol. The molecule has 1 aromatic heterocycles. The van der Waals surface area contributed by atoms with Crippen LogP contribution in [0.15, 0.2) is 18.5 Å². The van der Waals surface area contributed by atoms with Crippen molar-refractivity contribution in [1.82, 2.24) is 15.3 Å². The molecule has 0 spiro atoms. The molecular formula is C10H14N4O. The topological polar surface area (TPSA) is 66.9 Å². The van der Waals surface area contributed by atoms with Gasteiger partial charge in [0.1, 0.15) is 0 Å². The standard InChI is InChI=1S/C10H14N4O/c15-9(8-3-1-4-11-7-8)14-10-12-5-2-6-13-10/h2,5-6,8,11H,1,3-4,7H2,(H,12,13,14,15)/t8-/m1/s1. The Bertz CT molecular complexity index is 321. The Morgan fingerprint density at radius 1 is 1.47 bits per heavy atom. The van der Waals surface area contributed by atoms with Crippen LogP contribution in [0.2, 0.25) is 0 Å². The molecule has 2 rings (SSSR count). The van der Waals surface area contributed by atoms with Crippen molar-refractivity contribution in [3.8, 4) is 0 Å². The van der Waals surface area contributed by atoms with Gasteiger partial charge in [0.05, 0.1) is 5.92 Å². The van der Waals surface area contributed by atoms with E-state index in [-0.39, 0.29) is 11.8 Å². The van der Waals surface area contributed by atoms with Crippen LogP contribution in [0.25, 0.3) is 0 Å². The SMILES string of the molecule is O=C(Nc1ncccn1)[C@@H]1CCCNC1. The first-order valence-electron chi connectivity index (χ1n) is 5.15. The number of carbonyl (C=O) groups is 1. The second kappa shape index (κ2) is 4.84. The van der Waals surface area contributed by atoms with Crippen LogP contribution in [0.5, 0.6) is 0 Å². The largest absolute Gasteiger partial charge is 0.316 e. The Labute approximate surface area is 88.3 Å². The summed E-state index contributed by atoms with van der Waals surface area (Å²) >= 11 is 0. The minimum atomic E-state index is 0.00778. The third-order valence-electron chi connectivity index (χ3n) is 2.47. The molecule has 1 aliphatic heterocycles. The van der Waals surface area contributed by atoms with Gasteiger partial charge in [-0.25, -0.2) is 9.97 Å². The summed E-state index contributed by atoms with van der Waals surface area (Å²) in [6, 6.07) is 1.72. The molecule has 1 aliphatic rings. The smallest absolute Gasteiger partial charge is 0.231 e. The first-order valence-corrected chi connectivity index (χ1v) is 5.15. The summed E-state index contributed by atoms with van der Waals surface area (Å²) in [5, 5.41) is 5.91. The molecule has 1 amide bonds. The van der Waals surface area contributed by atoms with Gasteiger partial charge in [-0.2, -0.15) is 0 Å². The first-order chi connectivity index (χ1) is 7.36. The number of nitrogens with one attached hydrogen (secondary N) is 2. The van der Waals surface area contributed by atoms with Crippen molar-refractivity contribution in [3.05, 3.63) is 18.5 Å². The summed E-state index contributed by atoms with van der Waals surface area (Å²) in [7, 11) is 0. The molecule has 0 saturated carbocycles. The number of anilines is 1. The van der Waals surface area contributed by atoms with Gasteiger partial charge in [-0.15, -0.1) is 0 Å². The second-order valence-corrected chi connectivity index (χ2v) is 3.60. The van der Waals surface area contributed by atoms with E-state index in [4.69, 9.17) is 0 Å². The molecule has 0 unspecified atom stereocenters. The summed E-state index contributed by atoms with van der Waals surface area (Å²) in [4.78, 5) is 19.6. The first kappa shape index (κ1) is 10.0. The van der Waals surface area contributed by atoms with Crippen LogP contribution >= 0.6 is 0 Å². The molecule has 5 nitrogen and oxygen atoms in total. The Kier molecular flexibility index (Phi) is 3.24. The number of rotatable bonds is 2. The van der Waals surface area contributed by atoms with Crippen LogP contribution in [0.1, 0.15) is 12.8 Å². The van der Waals surface area contributed by atoms with Gasteiger partial charge in [-0.05, 0) is 25.5 Å². The lowest BCUT2D eigenvalue weighted by Gasteiger charge is -2.21. The van der Waals surface area contributed by atoms with Crippen LogP contribution in [-0.2, 0) is 4.79 Å². The number of piperidine rings is 1. The van der Waals surface area contributed by atoms with Crippen molar-refractivity contribution < 1.29 is 4.79 Å². The van der Waals surface area contributed by atoms with E-state index in [1.54, 1.807) is 18.5 Å². The predicted molar refractivity (Wildman–Crippen MR) is 56.3 cm³/mol. The van der Waals surface area contributed by atoms with Gasteiger partial charge in [0.15, 0.2) is 0 Å². The lowest BCUT2D eigenvalue weighted by atomic mass is 9.99. The van der Waals surface area contributed by atoms with E-state index in [0.29, 0.717) is 5.95 Å². The lowest BCUT2D eigenvalue weighted by Crippen LogP contribution is -2.37. The zero-order chi connectivity index (χ0) is 10.5. The fourth-order valence-electron chi connectivity index (χ4n) is 1.65. The van der Waals surface area contributed by atoms with E-state index in [1.165, 1.54) is 0 Å². The van der Waals surface area contributed by atoms with Crippen molar-refractivity contribution in [3.63, 3.8) is 0 Å². The number of amides is 1. The van der Waals surface area contributed by atoms with E-state index in [1.807, 2.05) is 0 Å². The molecule has 1 atom stereocenters. The van der Waals surface area contributed by atoms with Crippen LogP contribution in [0.4, 0.5) is 5.95 Å². The Hall–Kier alpha value is -1.49. The second-order valence-electron chi connectivity index (χ2n) is 3.60. The summed E-state index contributed by atoms with van der Waals surface area (Å²) in [5.74, 6) is 0.434. The maximum Gasteiger partial charge on any atom is 0.231 e. The summed E-state index contributed by atoms with van der Waals surface area (Å²) < 4.78 is 0. The van der Waals surface area contributed by atoms with E-state index < -0.39 is 0 Å². The maximum atomic E-state index is 11.7. The molecule has 2 N–H and O–H groups in total. The van der Waals surface area contributed by atoms with Crippen molar-refractivity contribution in [1.29, 1.82) is 0 Å². The van der Waals surface area contributed by atoms with Crippen LogP contribution in [-0.4, -0.2) is 29.0 Å². The summed E-state index contributed by atoms with van der Waals surface area (Å²) in [6.07, 6.45) is 5.21. The zero-order valence-corrected chi connectivity index (χ0v) is 8.44. The quantitative estimate of drug-likeness (QED) is 0.735. The number of aromatic nitrogens is 2. The number of hydrogen-bond acceptors (Lipinski definition) is 4. The highest BCUT2D eigenvalue weighted by Gasteiger charge is 2.21. The van der Waals surface area contributed by atoms with E-state index in [0.717, 1.165) is 25.9 Å². The Morgan fingerprint density at radius 3 is 2.93 bits per heavy atom. The third kappa shape index (κ3) is 2.73. The minimum absolute atomic E-state index is 0.00778. The lowest BCUT2D eigenvalue weighted by molar-refractivity contribution is -0.120. The average molecular weight is 206 g/mol. The van der Waals surface area contributed by atoms with Gasteiger partial charge >= 0.3 is 0 Å². The maximum absolute atomic E-state index is 11.7. The minimum Gasteiger partial charge on any atom is -0.316 e. The fraction of sp³-hybridized carbons (Fsp3) is 0.500. The van der Waals surface area contributed by atoms with E-state index >= 15 is 0 Å². The molecule has 2 heterocycles. The van der Waals surface area contributed by atoms with Crippen LogP contribution in [0, 0.1) is 5.92 Å². The normalized spacial score (nSPS) is 20.9. The number of nitrogens with zero attached hydrogens (tertiary/aromatic N) is 2. The van der Waals surface area contributed by atoms with E-state index in [2.05, 4.69) is 20.6 Å². The molecule has 1 saturated heterocycles. The Balaban J connectivity index is 1.91. The molecule has 80 valence electrons. The molecule has 15 heavy (non-hydrogen) atoms. The molecule has 0 radical (unpaired) electrons. The highest BCUT2D eigenvalue weighted by atomic mass is 16.2. The van der Waals surface area contributed by atoms with Gasteiger partial charge < -0.3 is 5.32 Å². The van der Waals surface area contributed by atoms with Crippen LogP contribution < -0.4 is 10.6 Å². The number of hydrogen-bond donors (Lipinski definition) is 2. The molecule has 5 heteroatoms.